The molecule has 0 saturated heterocycles. The summed E-state index contributed by atoms with van der Waals surface area (Å²) in [6.07, 6.45) is 5.35. The van der Waals surface area contributed by atoms with E-state index in [1.165, 1.54) is 42.7 Å². The molecule has 0 amide bonds. The minimum Gasteiger partial charge on any atom is -0.508 e. The maximum Gasteiger partial charge on any atom is 0.368 e. The molecule has 1 unspecified atom stereocenters. The van der Waals surface area contributed by atoms with E-state index < -0.39 is 37.8 Å². The zero-order valence-corrected chi connectivity index (χ0v) is 43.9. The molecular weight excluding hydrogens is 945 g/mol. The third-order valence-electron chi connectivity index (χ3n) is 10.2. The van der Waals surface area contributed by atoms with E-state index in [2.05, 4.69) is 11.6 Å². The second kappa shape index (κ2) is 28.7. The predicted molar refractivity (Wildman–Crippen MR) is 257 cm³/mol. The predicted octanol–water partition coefficient (Wildman–Crippen LogP) is 10.7. The molecule has 64 heavy (non-hydrogen) atoms. The van der Waals surface area contributed by atoms with Crippen molar-refractivity contribution in [2.45, 2.75) is 52.0 Å². The molecule has 0 aliphatic carbocycles. The van der Waals surface area contributed by atoms with Gasteiger partial charge in [-0.3, -0.25) is 23.5 Å². The van der Waals surface area contributed by atoms with Crippen LogP contribution in [0.5, 0.6) is 17.2 Å². The number of aromatic hydroxyl groups is 1. The Kier molecular flexibility index (Phi) is 25.4. The lowest BCUT2D eigenvalue weighted by Gasteiger charge is -2.34. The van der Waals surface area contributed by atoms with Crippen LogP contribution in [-0.4, -0.2) is 121 Å². The summed E-state index contributed by atoms with van der Waals surface area (Å²) in [6.45, 7) is 0.734. The van der Waals surface area contributed by atoms with Crippen molar-refractivity contribution in [2.75, 3.05) is 102 Å². The molecule has 0 aliphatic rings. The third kappa shape index (κ3) is 19.2. The molecule has 3 aromatic rings. The van der Waals surface area contributed by atoms with Crippen LogP contribution in [0.1, 0.15) is 49.3 Å². The lowest BCUT2D eigenvalue weighted by molar-refractivity contribution is 0.224. The Morgan fingerprint density at radius 3 is 1.36 bits per heavy atom. The van der Waals surface area contributed by atoms with Crippen molar-refractivity contribution in [2.24, 2.45) is 0 Å². The van der Waals surface area contributed by atoms with Crippen LogP contribution in [0.3, 0.4) is 0 Å². The summed E-state index contributed by atoms with van der Waals surface area (Å²) in [5, 5.41) is 10.0. The molecule has 0 bridgehead atoms. The fraction of sp³-hybridized carbons (Fsp3) is 0.561. The molecule has 0 spiro atoms. The highest BCUT2D eigenvalue weighted by Gasteiger charge is 2.34. The Morgan fingerprint density at radius 2 is 0.953 bits per heavy atom. The number of phenols is 1. The molecule has 1 atom stereocenters. The fourth-order valence-corrected chi connectivity index (χ4v) is 13.6. The topological polar surface area (TPSA) is 173 Å². The number of nitrogens with zero attached hydrogens (tertiary/aromatic N) is 3. The first-order chi connectivity index (χ1) is 30.6. The molecule has 17 nitrogen and oxygen atoms in total. The van der Waals surface area contributed by atoms with E-state index in [-0.39, 0.29) is 24.6 Å². The highest BCUT2D eigenvalue weighted by molar-refractivity contribution is 8.09. The van der Waals surface area contributed by atoms with Crippen LogP contribution >= 0.6 is 37.8 Å². The minimum atomic E-state index is -3.50. The van der Waals surface area contributed by atoms with Crippen molar-refractivity contribution in [3.63, 3.8) is 0 Å². The molecular formula is C41H68N3O14P5S. The maximum absolute atomic E-state index is 13.1. The summed E-state index contributed by atoms with van der Waals surface area (Å²) < 4.78 is 96.9. The van der Waals surface area contributed by atoms with Crippen molar-refractivity contribution in [1.29, 1.82) is 0 Å². The van der Waals surface area contributed by atoms with Crippen molar-refractivity contribution in [1.82, 2.24) is 14.5 Å². The van der Waals surface area contributed by atoms with Crippen molar-refractivity contribution in [3.05, 3.63) is 89.5 Å². The lowest BCUT2D eigenvalue weighted by atomic mass is 10.1. The second-order valence-electron chi connectivity index (χ2n) is 14.5. The molecule has 362 valence electrons. The van der Waals surface area contributed by atoms with Gasteiger partial charge in [0.15, 0.2) is 8.38 Å². The Bertz CT molecular complexity index is 1930. The van der Waals surface area contributed by atoms with Gasteiger partial charge in [-0.05, 0) is 72.4 Å². The number of unbranched alkanes of at least 4 members (excludes halogenated alkanes) is 3. The molecule has 1 N–H and O–H groups in total. The van der Waals surface area contributed by atoms with Crippen LogP contribution in [0.2, 0.25) is 0 Å². The molecule has 3 aromatic carbocycles. The summed E-state index contributed by atoms with van der Waals surface area (Å²) in [5.74, 6) is 1.20. The smallest absolute Gasteiger partial charge is 0.368 e. The molecule has 0 saturated carbocycles. The van der Waals surface area contributed by atoms with Crippen LogP contribution in [0.25, 0.3) is 0 Å². The number of phenolic OH excluding ortho intramolecular Hbond substituents is 1. The highest BCUT2D eigenvalue weighted by atomic mass is 32.5. The van der Waals surface area contributed by atoms with Crippen LogP contribution in [0, 0.1) is 0 Å². The van der Waals surface area contributed by atoms with Gasteiger partial charge in [0.25, 0.3) is 0 Å². The first-order valence-corrected chi connectivity index (χ1v) is 29.8. The Hall–Kier alpha value is -1.61. The van der Waals surface area contributed by atoms with Crippen molar-refractivity contribution in [3.8, 4) is 17.2 Å². The summed E-state index contributed by atoms with van der Waals surface area (Å²) in [6, 6.07) is 22.2. The van der Waals surface area contributed by atoms with Crippen LogP contribution in [-0.2, 0) is 81.1 Å². The number of rotatable bonds is 34. The molecule has 3 rings (SSSR count). The summed E-state index contributed by atoms with van der Waals surface area (Å²) in [4.78, 5) is 3.63. The van der Waals surface area contributed by atoms with Gasteiger partial charge >= 0.3 is 29.4 Å². The molecule has 0 fully saturated rings. The van der Waals surface area contributed by atoms with Crippen LogP contribution in [0.4, 0.5) is 0 Å². The molecule has 0 aliphatic heterocycles. The Balaban J connectivity index is 1.92. The number of benzene rings is 3. The van der Waals surface area contributed by atoms with E-state index in [0.29, 0.717) is 56.8 Å². The zero-order valence-electron chi connectivity index (χ0n) is 38.6. The summed E-state index contributed by atoms with van der Waals surface area (Å²) in [5.41, 5.74) is 2.86. The van der Waals surface area contributed by atoms with Gasteiger partial charge in [-0.2, -0.15) is 0 Å². The first kappa shape index (κ1) is 56.7. The van der Waals surface area contributed by atoms with Gasteiger partial charge in [-0.15, -0.1) is 0 Å². The normalized spacial score (nSPS) is 13.6. The maximum atomic E-state index is 13.1. The SMILES string of the molecule is CCCCCCN(Cc1ccc(O)cc1)P(=S)(Oc1ccc(CCN(CP(OC)OC)CP(=O)(OC)OC)cc1)Oc1ccc(CCN(CP(=O)(OC)OC)CP(=O)(OC)OC)cc1. The first-order valence-electron chi connectivity index (χ1n) is 20.7. The standard InChI is InChI=1S/C41H68N3O14P5S/c1-10-11-12-13-28-44(31-38-14-20-39(45)21-15-38)63(64,57-40-22-16-36(17-23-40)26-29-42(32-59(49-2)50-3)33-60(46,51-4)52-5)58-41-24-18-37(19-25-41)27-30-43(34-61(47,53-6)54-7)35-62(48,55-8)56-9/h14-25,45H,10-13,26-35H2,1-9H3. The second-order valence-corrected chi connectivity index (χ2v) is 26.2. The zero-order chi connectivity index (χ0) is 47.2. The van der Waals surface area contributed by atoms with E-state index in [4.69, 9.17) is 57.0 Å². The van der Waals surface area contributed by atoms with E-state index in [1.807, 2.05) is 65.6 Å². The summed E-state index contributed by atoms with van der Waals surface area (Å²) in [7, 11) is -0.466. The average Bonchev–Trinajstić information content (AvgIpc) is 3.31. The number of hydrogen-bond acceptors (Lipinski definition) is 17. The largest absolute Gasteiger partial charge is 0.508 e. The van der Waals surface area contributed by atoms with Gasteiger partial charge in [0.1, 0.15) is 36.1 Å². The van der Waals surface area contributed by atoms with Gasteiger partial charge in [-0.25, -0.2) is 4.67 Å². The average molecular weight is 1010 g/mol. The Morgan fingerprint density at radius 1 is 0.547 bits per heavy atom. The van der Waals surface area contributed by atoms with Crippen LogP contribution in [0.15, 0.2) is 72.8 Å². The van der Waals surface area contributed by atoms with Gasteiger partial charge in [0, 0.05) is 94.9 Å². The van der Waals surface area contributed by atoms with E-state index in [1.54, 1.807) is 31.3 Å². The third-order valence-corrected chi connectivity index (χ3v) is 20.2. The fourth-order valence-electron chi connectivity index (χ4n) is 6.26. The van der Waals surface area contributed by atoms with E-state index in [9.17, 15) is 18.8 Å². The number of hydrogen-bond donors (Lipinski definition) is 1. The monoisotopic (exact) mass is 1010 g/mol. The van der Waals surface area contributed by atoms with E-state index in [0.717, 1.165) is 42.4 Å². The van der Waals surface area contributed by atoms with Gasteiger partial charge < -0.3 is 50.3 Å². The molecule has 0 radical (unpaired) electrons. The minimum absolute atomic E-state index is 0.0689. The van der Waals surface area contributed by atoms with Crippen LogP contribution < -0.4 is 9.05 Å². The summed E-state index contributed by atoms with van der Waals surface area (Å²) >= 11 is 6.47. The highest BCUT2D eigenvalue weighted by Crippen LogP contribution is 2.54. The van der Waals surface area contributed by atoms with E-state index >= 15 is 0 Å². The molecule has 0 aromatic heterocycles. The Labute approximate surface area is 387 Å². The van der Waals surface area contributed by atoms with Gasteiger partial charge in [0.05, 0.1) is 6.29 Å². The van der Waals surface area contributed by atoms with Crippen molar-refractivity contribution < 1.29 is 64.0 Å². The molecule has 0 heterocycles. The lowest BCUT2D eigenvalue weighted by Crippen LogP contribution is -2.29. The van der Waals surface area contributed by atoms with Crippen molar-refractivity contribution >= 4 is 49.6 Å². The van der Waals surface area contributed by atoms with Gasteiger partial charge in [0.2, 0.25) is 0 Å². The van der Waals surface area contributed by atoms with Gasteiger partial charge in [-0.1, -0.05) is 62.6 Å². The molecule has 23 heteroatoms. The quantitative estimate of drug-likeness (QED) is 0.0442.